The van der Waals surface area contributed by atoms with E-state index in [2.05, 4.69) is 10.1 Å². The van der Waals surface area contributed by atoms with Crippen LogP contribution in [0, 0.1) is 13.8 Å². The minimum Gasteiger partial charge on any atom is -0.497 e. The molecule has 156 valence electrons. The highest BCUT2D eigenvalue weighted by atomic mass is 16.5. The van der Waals surface area contributed by atoms with Crippen LogP contribution in [0.3, 0.4) is 0 Å². The molecule has 3 aromatic rings. The second-order valence-corrected chi connectivity index (χ2v) is 7.67. The van der Waals surface area contributed by atoms with E-state index in [-0.39, 0.29) is 11.9 Å². The first kappa shape index (κ1) is 20.1. The average Bonchev–Trinajstić information content (AvgIpc) is 3.20. The van der Waals surface area contributed by atoms with Gasteiger partial charge in [-0.05, 0) is 50.8 Å². The summed E-state index contributed by atoms with van der Waals surface area (Å²) >= 11 is 0. The predicted molar refractivity (Wildman–Crippen MR) is 112 cm³/mol. The van der Waals surface area contributed by atoms with E-state index in [1.54, 1.807) is 13.3 Å². The molecule has 1 saturated heterocycles. The molecule has 0 radical (unpaired) electrons. The molecular formula is C23H26N4O3. The molecule has 2 aromatic heterocycles. The number of carbonyl (C=O) groups is 1. The Morgan fingerprint density at radius 3 is 2.73 bits per heavy atom. The maximum absolute atomic E-state index is 13.3. The van der Waals surface area contributed by atoms with Crippen molar-refractivity contribution < 1.29 is 14.1 Å². The standard InChI is InChI=1S/C23H26N4O3/c1-15-12-21(30-26-15)19-14-24-16(2)25-23(19)20-6-4-5-11-27(20)22(28)13-17-7-9-18(29-3)10-8-17/h7-10,12,14,20H,4-6,11,13H2,1-3H3/t20-/m1/s1. The molecule has 7 heteroatoms. The lowest BCUT2D eigenvalue weighted by Gasteiger charge is -2.36. The van der Waals surface area contributed by atoms with Crippen molar-refractivity contribution in [2.24, 2.45) is 0 Å². The molecular weight excluding hydrogens is 380 g/mol. The quantitative estimate of drug-likeness (QED) is 0.636. The van der Waals surface area contributed by atoms with Crippen LogP contribution in [0.25, 0.3) is 11.3 Å². The van der Waals surface area contributed by atoms with Gasteiger partial charge >= 0.3 is 0 Å². The van der Waals surface area contributed by atoms with Gasteiger partial charge in [-0.25, -0.2) is 9.97 Å². The Bertz CT molecular complexity index is 1030. The van der Waals surface area contributed by atoms with E-state index in [4.69, 9.17) is 14.2 Å². The van der Waals surface area contributed by atoms with Gasteiger partial charge in [-0.1, -0.05) is 17.3 Å². The molecule has 1 aliphatic rings. The highest BCUT2D eigenvalue weighted by Crippen LogP contribution is 2.36. The first-order valence-corrected chi connectivity index (χ1v) is 10.2. The van der Waals surface area contributed by atoms with Crippen molar-refractivity contribution in [1.82, 2.24) is 20.0 Å². The molecule has 1 atom stereocenters. The van der Waals surface area contributed by atoms with Crippen LogP contribution in [0.1, 0.15) is 48.1 Å². The summed E-state index contributed by atoms with van der Waals surface area (Å²) in [6.07, 6.45) is 5.03. The second-order valence-electron chi connectivity index (χ2n) is 7.67. The third kappa shape index (κ3) is 4.20. The fourth-order valence-corrected chi connectivity index (χ4v) is 3.96. The Morgan fingerprint density at radius 2 is 2.03 bits per heavy atom. The minimum absolute atomic E-state index is 0.0980. The van der Waals surface area contributed by atoms with Crippen LogP contribution < -0.4 is 4.74 Å². The largest absolute Gasteiger partial charge is 0.497 e. The number of methoxy groups -OCH3 is 1. The summed E-state index contributed by atoms with van der Waals surface area (Å²) < 4.78 is 10.7. The molecule has 0 saturated carbocycles. The van der Waals surface area contributed by atoms with Gasteiger partial charge in [0.2, 0.25) is 5.91 Å². The molecule has 0 unspecified atom stereocenters. The lowest BCUT2D eigenvalue weighted by molar-refractivity contribution is -0.134. The van der Waals surface area contributed by atoms with Gasteiger partial charge in [-0.2, -0.15) is 0 Å². The first-order chi connectivity index (χ1) is 14.5. The molecule has 7 nitrogen and oxygen atoms in total. The number of piperidine rings is 1. The molecule has 30 heavy (non-hydrogen) atoms. The van der Waals surface area contributed by atoms with E-state index >= 15 is 0 Å². The Balaban J connectivity index is 1.63. The number of carbonyl (C=O) groups excluding carboxylic acids is 1. The van der Waals surface area contributed by atoms with Crippen LogP contribution in [0.2, 0.25) is 0 Å². The number of aryl methyl sites for hydroxylation is 2. The summed E-state index contributed by atoms with van der Waals surface area (Å²) in [5.41, 5.74) is 3.40. The third-order valence-electron chi connectivity index (χ3n) is 5.49. The van der Waals surface area contributed by atoms with Gasteiger partial charge in [0, 0.05) is 18.8 Å². The van der Waals surface area contributed by atoms with Crippen molar-refractivity contribution in [2.75, 3.05) is 13.7 Å². The van der Waals surface area contributed by atoms with Crippen molar-refractivity contribution in [3.05, 3.63) is 59.3 Å². The maximum Gasteiger partial charge on any atom is 0.227 e. The smallest absolute Gasteiger partial charge is 0.227 e. The summed E-state index contributed by atoms with van der Waals surface area (Å²) in [6.45, 7) is 4.47. The summed E-state index contributed by atoms with van der Waals surface area (Å²) in [7, 11) is 1.63. The molecule has 1 amide bonds. The summed E-state index contributed by atoms with van der Waals surface area (Å²) in [5.74, 6) is 2.19. The highest BCUT2D eigenvalue weighted by molar-refractivity contribution is 5.79. The van der Waals surface area contributed by atoms with Gasteiger partial charge in [0.1, 0.15) is 11.6 Å². The Labute approximate surface area is 176 Å². The minimum atomic E-state index is -0.105. The van der Waals surface area contributed by atoms with E-state index in [1.165, 1.54) is 0 Å². The van der Waals surface area contributed by atoms with Crippen molar-refractivity contribution in [2.45, 2.75) is 45.6 Å². The fraction of sp³-hybridized carbons (Fsp3) is 0.391. The van der Waals surface area contributed by atoms with Crippen molar-refractivity contribution in [1.29, 1.82) is 0 Å². The molecule has 1 aromatic carbocycles. The van der Waals surface area contributed by atoms with Gasteiger partial charge in [0.05, 0.1) is 36.5 Å². The molecule has 0 spiro atoms. The van der Waals surface area contributed by atoms with Crippen LogP contribution in [0.5, 0.6) is 5.75 Å². The van der Waals surface area contributed by atoms with E-state index in [0.29, 0.717) is 18.0 Å². The van der Waals surface area contributed by atoms with Gasteiger partial charge in [-0.3, -0.25) is 4.79 Å². The molecule has 0 bridgehead atoms. The van der Waals surface area contributed by atoms with Gasteiger partial charge in [0.25, 0.3) is 0 Å². The van der Waals surface area contributed by atoms with Crippen LogP contribution in [0.4, 0.5) is 0 Å². The van der Waals surface area contributed by atoms with Gasteiger partial charge in [-0.15, -0.1) is 0 Å². The molecule has 1 aliphatic heterocycles. The lowest BCUT2D eigenvalue weighted by Crippen LogP contribution is -2.40. The number of benzene rings is 1. The van der Waals surface area contributed by atoms with Gasteiger partial charge < -0.3 is 14.2 Å². The molecule has 0 N–H and O–H groups in total. The van der Waals surface area contributed by atoms with Crippen molar-refractivity contribution in [3.63, 3.8) is 0 Å². The normalized spacial score (nSPS) is 16.5. The maximum atomic E-state index is 13.3. The Morgan fingerprint density at radius 1 is 1.23 bits per heavy atom. The lowest BCUT2D eigenvalue weighted by atomic mass is 9.94. The number of hydrogen-bond acceptors (Lipinski definition) is 6. The Kier molecular flexibility index (Phi) is 5.79. The average molecular weight is 406 g/mol. The molecule has 4 rings (SSSR count). The van der Waals surface area contributed by atoms with E-state index in [1.807, 2.05) is 49.1 Å². The monoisotopic (exact) mass is 406 g/mol. The predicted octanol–water partition coefficient (Wildman–Crippen LogP) is 4.05. The fourth-order valence-electron chi connectivity index (χ4n) is 3.96. The Hall–Kier alpha value is -3.22. The number of rotatable bonds is 5. The number of likely N-dealkylation sites (tertiary alicyclic amines) is 1. The van der Waals surface area contributed by atoms with Crippen LogP contribution in [-0.2, 0) is 11.2 Å². The number of aromatic nitrogens is 3. The molecule has 1 fully saturated rings. The number of hydrogen-bond donors (Lipinski definition) is 0. The topological polar surface area (TPSA) is 81.4 Å². The second kappa shape index (κ2) is 8.65. The summed E-state index contributed by atoms with van der Waals surface area (Å²) in [6, 6.07) is 9.42. The number of nitrogens with zero attached hydrogens (tertiary/aromatic N) is 4. The number of amides is 1. The zero-order valence-electron chi connectivity index (χ0n) is 17.6. The van der Waals surface area contributed by atoms with Gasteiger partial charge in [0.15, 0.2) is 5.76 Å². The first-order valence-electron chi connectivity index (χ1n) is 10.2. The zero-order chi connectivity index (χ0) is 21.1. The highest BCUT2D eigenvalue weighted by Gasteiger charge is 2.32. The van der Waals surface area contributed by atoms with Crippen LogP contribution in [0.15, 0.2) is 41.1 Å². The molecule has 0 aliphatic carbocycles. The summed E-state index contributed by atoms with van der Waals surface area (Å²) in [4.78, 5) is 24.3. The number of ether oxygens (including phenoxy) is 1. The van der Waals surface area contributed by atoms with E-state index in [0.717, 1.165) is 54.1 Å². The van der Waals surface area contributed by atoms with E-state index in [9.17, 15) is 4.79 Å². The zero-order valence-corrected chi connectivity index (χ0v) is 17.6. The van der Waals surface area contributed by atoms with E-state index < -0.39 is 0 Å². The van der Waals surface area contributed by atoms with Crippen LogP contribution in [-0.4, -0.2) is 39.6 Å². The molecule has 3 heterocycles. The summed E-state index contributed by atoms with van der Waals surface area (Å²) in [5, 5.41) is 4.00. The van der Waals surface area contributed by atoms with Crippen molar-refractivity contribution in [3.8, 4) is 17.1 Å². The van der Waals surface area contributed by atoms with Crippen molar-refractivity contribution >= 4 is 5.91 Å². The van der Waals surface area contributed by atoms with Crippen LogP contribution >= 0.6 is 0 Å². The third-order valence-corrected chi connectivity index (χ3v) is 5.49. The SMILES string of the molecule is COc1ccc(CC(=O)N2CCCC[C@@H]2c2nc(C)ncc2-c2cc(C)no2)cc1.